The Bertz CT molecular complexity index is 1100. The van der Waals surface area contributed by atoms with Gasteiger partial charge in [-0.05, 0) is 24.8 Å². The van der Waals surface area contributed by atoms with Crippen molar-refractivity contribution in [2.24, 2.45) is 20.0 Å². The number of piperidine rings is 1. The van der Waals surface area contributed by atoms with Crippen molar-refractivity contribution in [1.29, 1.82) is 0 Å². The molecule has 0 unspecified atom stereocenters. The van der Waals surface area contributed by atoms with E-state index in [1.54, 1.807) is 6.07 Å². The summed E-state index contributed by atoms with van der Waals surface area (Å²) in [6.07, 6.45) is 1.92. The van der Waals surface area contributed by atoms with Crippen molar-refractivity contribution in [1.82, 2.24) is 9.13 Å². The first-order valence-electron chi connectivity index (χ1n) is 9.65. The average Bonchev–Trinajstić information content (AvgIpc) is 2.73. The Labute approximate surface area is 172 Å². The molecule has 0 amide bonds. The molecule has 0 N–H and O–H groups in total. The van der Waals surface area contributed by atoms with Crippen LogP contribution >= 0.6 is 0 Å². The third-order valence-electron chi connectivity index (χ3n) is 5.51. The monoisotopic (exact) mass is 416 g/mol. The van der Waals surface area contributed by atoms with Gasteiger partial charge in [-0.1, -0.05) is 6.92 Å². The lowest BCUT2D eigenvalue weighted by Crippen LogP contribution is -2.38. The molecule has 1 aliphatic rings. The van der Waals surface area contributed by atoms with Crippen LogP contribution in [-0.2, 0) is 25.4 Å². The van der Waals surface area contributed by atoms with Crippen LogP contribution in [0, 0.1) is 16.0 Å². The lowest BCUT2D eigenvalue weighted by molar-refractivity contribution is -0.384. The summed E-state index contributed by atoms with van der Waals surface area (Å²) in [6, 6.07) is 5.36. The fourth-order valence-electron chi connectivity index (χ4n) is 3.46. The first kappa shape index (κ1) is 21.3. The molecule has 0 radical (unpaired) electrons. The molecule has 2 heterocycles. The Kier molecular flexibility index (Phi) is 6.04. The summed E-state index contributed by atoms with van der Waals surface area (Å²) < 4.78 is 7.50. The minimum Gasteiger partial charge on any atom is -0.456 e. The summed E-state index contributed by atoms with van der Waals surface area (Å²) in [5.41, 5.74) is -0.357. The summed E-state index contributed by atoms with van der Waals surface area (Å²) in [5, 5.41) is 11.2. The number of carbonyl (C=O) groups is 1. The highest BCUT2D eigenvalue weighted by molar-refractivity contribution is 5.96. The first-order chi connectivity index (χ1) is 14.2. The predicted molar refractivity (Wildman–Crippen MR) is 110 cm³/mol. The van der Waals surface area contributed by atoms with Gasteiger partial charge in [0.05, 0.1) is 21.9 Å². The quantitative estimate of drug-likeness (QED) is 0.413. The third-order valence-corrected chi connectivity index (χ3v) is 5.51. The van der Waals surface area contributed by atoms with Gasteiger partial charge in [-0.15, -0.1) is 0 Å². The van der Waals surface area contributed by atoms with E-state index in [9.17, 15) is 24.5 Å². The zero-order chi connectivity index (χ0) is 22.0. The Hall–Kier alpha value is -3.43. The average molecular weight is 416 g/mol. The summed E-state index contributed by atoms with van der Waals surface area (Å²) in [4.78, 5) is 49.4. The van der Waals surface area contributed by atoms with Crippen LogP contribution in [0.25, 0.3) is 0 Å². The van der Waals surface area contributed by atoms with Crippen LogP contribution in [-0.4, -0.2) is 33.1 Å². The number of hydrogen-bond acceptors (Lipinski definition) is 7. The zero-order valence-corrected chi connectivity index (χ0v) is 17.2. The van der Waals surface area contributed by atoms with Crippen LogP contribution in [0.15, 0.2) is 33.9 Å². The summed E-state index contributed by atoms with van der Waals surface area (Å²) in [7, 11) is 2.83. The molecule has 1 aliphatic heterocycles. The fraction of sp³-hybridized carbons (Fsp3) is 0.450. The van der Waals surface area contributed by atoms with Crippen molar-refractivity contribution in [2.75, 3.05) is 18.0 Å². The number of nitrogens with zero attached hydrogens (tertiary/aromatic N) is 4. The molecule has 10 heteroatoms. The number of rotatable bonds is 5. The van der Waals surface area contributed by atoms with Crippen LogP contribution in [0.5, 0.6) is 0 Å². The maximum Gasteiger partial charge on any atom is 0.340 e. The summed E-state index contributed by atoms with van der Waals surface area (Å²) >= 11 is 0. The second-order valence-electron chi connectivity index (χ2n) is 7.58. The summed E-state index contributed by atoms with van der Waals surface area (Å²) in [6.45, 7) is 3.33. The van der Waals surface area contributed by atoms with Crippen molar-refractivity contribution >= 4 is 17.3 Å². The van der Waals surface area contributed by atoms with Crippen LogP contribution in [0.2, 0.25) is 0 Å². The minimum atomic E-state index is -0.750. The normalized spacial score (nSPS) is 14.6. The van der Waals surface area contributed by atoms with Crippen LogP contribution in [0.3, 0.4) is 0 Å². The number of nitro groups is 1. The van der Waals surface area contributed by atoms with E-state index in [4.69, 9.17) is 4.74 Å². The first-order valence-corrected chi connectivity index (χ1v) is 9.65. The minimum absolute atomic E-state index is 0.0904. The van der Waals surface area contributed by atoms with E-state index in [2.05, 4.69) is 6.92 Å². The predicted octanol–water partition coefficient (Wildman–Crippen LogP) is 1.59. The topological polar surface area (TPSA) is 117 Å². The molecule has 0 aliphatic carbocycles. The summed E-state index contributed by atoms with van der Waals surface area (Å²) in [5.74, 6) is -0.169. The number of nitro benzene ring substituents is 1. The number of carbonyl (C=O) groups excluding carboxylic acids is 1. The van der Waals surface area contributed by atoms with E-state index in [0.29, 0.717) is 11.6 Å². The number of benzene rings is 1. The highest BCUT2D eigenvalue weighted by Gasteiger charge is 2.24. The molecule has 2 aromatic rings. The van der Waals surface area contributed by atoms with Crippen molar-refractivity contribution < 1.29 is 14.5 Å². The third kappa shape index (κ3) is 4.27. The van der Waals surface area contributed by atoms with E-state index in [0.717, 1.165) is 30.5 Å². The van der Waals surface area contributed by atoms with Gasteiger partial charge in [-0.2, -0.15) is 0 Å². The number of aromatic nitrogens is 2. The van der Waals surface area contributed by atoms with Gasteiger partial charge in [0.1, 0.15) is 6.61 Å². The van der Waals surface area contributed by atoms with Crippen molar-refractivity contribution in [3.8, 4) is 0 Å². The molecular weight excluding hydrogens is 392 g/mol. The smallest absolute Gasteiger partial charge is 0.340 e. The lowest BCUT2D eigenvalue weighted by Gasteiger charge is -2.33. The standard InChI is InChI=1S/C20H24N4O6/c1-13-6-8-23(9-7-13)17-5-4-14(24(28)29)10-16(17)19(26)30-12-15-11-18(25)22(3)20(27)21(15)2/h4-5,10-11,13H,6-9,12H2,1-3H3. The Morgan fingerprint density at radius 2 is 1.83 bits per heavy atom. The number of non-ortho nitro benzene ring substituents is 1. The number of anilines is 1. The molecule has 3 rings (SSSR count). The Balaban J connectivity index is 1.89. The number of ether oxygens (including phenoxy) is 1. The molecule has 1 fully saturated rings. The SMILES string of the molecule is CC1CCN(c2ccc([N+](=O)[O-])cc2C(=O)OCc2cc(=O)n(C)c(=O)n2C)CC1. The van der Waals surface area contributed by atoms with Gasteiger partial charge < -0.3 is 9.64 Å². The van der Waals surface area contributed by atoms with Crippen LogP contribution in [0.4, 0.5) is 11.4 Å². The van der Waals surface area contributed by atoms with Crippen LogP contribution < -0.4 is 16.1 Å². The van der Waals surface area contributed by atoms with Gasteiger partial charge in [-0.25, -0.2) is 9.59 Å². The van der Waals surface area contributed by atoms with E-state index >= 15 is 0 Å². The van der Waals surface area contributed by atoms with Crippen LogP contribution in [0.1, 0.15) is 35.8 Å². The largest absolute Gasteiger partial charge is 0.456 e. The molecule has 1 saturated heterocycles. The van der Waals surface area contributed by atoms with Crippen molar-refractivity contribution in [3.05, 3.63) is 66.5 Å². The molecule has 10 nitrogen and oxygen atoms in total. The Morgan fingerprint density at radius 1 is 1.17 bits per heavy atom. The highest BCUT2D eigenvalue weighted by atomic mass is 16.6. The van der Waals surface area contributed by atoms with E-state index in [1.165, 1.54) is 36.9 Å². The second-order valence-corrected chi connectivity index (χ2v) is 7.58. The van der Waals surface area contributed by atoms with Gasteiger partial charge in [0, 0.05) is 45.4 Å². The maximum atomic E-state index is 12.8. The van der Waals surface area contributed by atoms with Gasteiger partial charge in [0.15, 0.2) is 0 Å². The lowest BCUT2D eigenvalue weighted by atomic mass is 9.98. The second kappa shape index (κ2) is 8.52. The maximum absolute atomic E-state index is 12.8. The zero-order valence-electron chi connectivity index (χ0n) is 17.2. The van der Waals surface area contributed by atoms with E-state index in [1.807, 2.05) is 4.90 Å². The number of hydrogen-bond donors (Lipinski definition) is 0. The molecule has 0 spiro atoms. The molecule has 30 heavy (non-hydrogen) atoms. The highest BCUT2D eigenvalue weighted by Crippen LogP contribution is 2.30. The molecule has 1 aromatic carbocycles. The molecule has 1 aromatic heterocycles. The van der Waals surface area contributed by atoms with Gasteiger partial charge >= 0.3 is 11.7 Å². The molecule has 160 valence electrons. The van der Waals surface area contributed by atoms with Gasteiger partial charge in [-0.3, -0.25) is 24.0 Å². The Morgan fingerprint density at radius 3 is 2.47 bits per heavy atom. The van der Waals surface area contributed by atoms with Gasteiger partial charge in [0.25, 0.3) is 11.2 Å². The molecule has 0 bridgehead atoms. The van der Waals surface area contributed by atoms with Crippen molar-refractivity contribution in [2.45, 2.75) is 26.4 Å². The molecular formula is C20H24N4O6. The van der Waals surface area contributed by atoms with Crippen molar-refractivity contribution in [3.63, 3.8) is 0 Å². The fourth-order valence-corrected chi connectivity index (χ4v) is 3.46. The molecule has 0 atom stereocenters. The number of esters is 1. The van der Waals surface area contributed by atoms with E-state index < -0.39 is 22.1 Å². The van der Waals surface area contributed by atoms with Gasteiger partial charge in [0.2, 0.25) is 0 Å². The molecule has 0 saturated carbocycles. The van der Waals surface area contributed by atoms with E-state index in [-0.39, 0.29) is 23.6 Å².